The van der Waals surface area contributed by atoms with Gasteiger partial charge in [0.1, 0.15) is 5.75 Å². The largest absolute Gasteiger partial charge is 0.425 e. The molecule has 0 unspecified atom stereocenters. The van der Waals surface area contributed by atoms with E-state index in [4.69, 9.17) is 4.74 Å². The van der Waals surface area contributed by atoms with Crippen molar-refractivity contribution in [3.05, 3.63) is 29.3 Å². The van der Waals surface area contributed by atoms with E-state index in [0.29, 0.717) is 5.92 Å². The molecule has 0 saturated carbocycles. The molecule has 1 aliphatic rings. The second-order valence-corrected chi connectivity index (χ2v) is 4.46. The summed E-state index contributed by atoms with van der Waals surface area (Å²) in [6, 6.07) is 6.11. The van der Waals surface area contributed by atoms with Crippen molar-refractivity contribution < 1.29 is 9.53 Å². The van der Waals surface area contributed by atoms with E-state index >= 15 is 0 Å². The van der Waals surface area contributed by atoms with Crippen LogP contribution >= 0.6 is 0 Å². The molecule has 0 amide bonds. The van der Waals surface area contributed by atoms with Gasteiger partial charge in [-0.25, -0.2) is 0 Å². The fourth-order valence-corrected chi connectivity index (χ4v) is 2.26. The van der Waals surface area contributed by atoms with Gasteiger partial charge in [-0.1, -0.05) is 39.0 Å². The summed E-state index contributed by atoms with van der Waals surface area (Å²) in [5, 5.41) is 0. The average molecular weight is 218 g/mol. The van der Waals surface area contributed by atoms with Crippen LogP contribution in [0.3, 0.4) is 0 Å². The Labute approximate surface area is 96.6 Å². The molecule has 16 heavy (non-hydrogen) atoms. The summed E-state index contributed by atoms with van der Waals surface area (Å²) in [4.78, 5) is 11.7. The topological polar surface area (TPSA) is 26.3 Å². The van der Waals surface area contributed by atoms with Crippen LogP contribution in [0.5, 0.6) is 5.75 Å². The number of rotatable bonds is 3. The first-order valence-corrected chi connectivity index (χ1v) is 6.03. The number of fused-ring (bicyclic) bond motifs is 1. The molecule has 0 aromatic heterocycles. The number of carbonyl (C=O) groups is 1. The van der Waals surface area contributed by atoms with Crippen molar-refractivity contribution in [1.29, 1.82) is 0 Å². The standard InChI is InChI=1S/C14H18O2/c1-4-9(3)11-7-6-8-12-10(5-2)14(15)16-13(11)12/h6-10H,4-5H2,1-3H3/t9-,10-/m0/s1. The van der Waals surface area contributed by atoms with Crippen molar-refractivity contribution >= 4 is 5.97 Å². The van der Waals surface area contributed by atoms with Gasteiger partial charge >= 0.3 is 5.97 Å². The lowest BCUT2D eigenvalue weighted by molar-refractivity contribution is -0.134. The molecular weight excluding hydrogens is 200 g/mol. The molecule has 0 spiro atoms. The number of esters is 1. The van der Waals surface area contributed by atoms with Crippen molar-refractivity contribution in [3.63, 3.8) is 0 Å². The normalized spacial score (nSPS) is 20.4. The van der Waals surface area contributed by atoms with Gasteiger partial charge in [-0.2, -0.15) is 0 Å². The van der Waals surface area contributed by atoms with Crippen LogP contribution in [0.2, 0.25) is 0 Å². The van der Waals surface area contributed by atoms with Crippen LogP contribution in [0.25, 0.3) is 0 Å². The highest BCUT2D eigenvalue weighted by atomic mass is 16.5. The predicted octanol–water partition coefficient (Wildman–Crippen LogP) is 3.61. The van der Waals surface area contributed by atoms with Gasteiger partial charge in [0.25, 0.3) is 0 Å². The third-order valence-corrected chi connectivity index (χ3v) is 3.49. The van der Waals surface area contributed by atoms with E-state index in [1.54, 1.807) is 0 Å². The molecule has 1 aromatic rings. The van der Waals surface area contributed by atoms with Crippen LogP contribution < -0.4 is 4.74 Å². The molecule has 0 fully saturated rings. The zero-order chi connectivity index (χ0) is 11.7. The molecule has 2 nitrogen and oxygen atoms in total. The molecule has 1 aromatic carbocycles. The first-order chi connectivity index (χ1) is 7.69. The molecule has 1 heterocycles. The van der Waals surface area contributed by atoms with Gasteiger partial charge in [-0.05, 0) is 24.3 Å². The second kappa shape index (κ2) is 4.28. The SMILES string of the molecule is CC[C@@H]1C(=O)Oc2c1cccc2[C@@H](C)CC. The summed E-state index contributed by atoms with van der Waals surface area (Å²) < 4.78 is 5.43. The van der Waals surface area contributed by atoms with E-state index in [0.717, 1.165) is 24.2 Å². The summed E-state index contributed by atoms with van der Waals surface area (Å²) in [5.41, 5.74) is 2.24. The van der Waals surface area contributed by atoms with E-state index in [2.05, 4.69) is 19.9 Å². The van der Waals surface area contributed by atoms with E-state index in [1.165, 1.54) is 5.56 Å². The molecule has 2 atom stereocenters. The Morgan fingerprint density at radius 2 is 2.12 bits per heavy atom. The molecule has 86 valence electrons. The van der Waals surface area contributed by atoms with Gasteiger partial charge in [0.15, 0.2) is 0 Å². The zero-order valence-corrected chi connectivity index (χ0v) is 10.1. The third-order valence-electron chi connectivity index (χ3n) is 3.49. The maximum Gasteiger partial charge on any atom is 0.318 e. The maximum atomic E-state index is 11.7. The second-order valence-electron chi connectivity index (χ2n) is 4.46. The Kier molecular flexibility index (Phi) is 2.99. The number of hydrogen-bond acceptors (Lipinski definition) is 2. The lowest BCUT2D eigenvalue weighted by atomic mass is 9.91. The quantitative estimate of drug-likeness (QED) is 0.572. The van der Waals surface area contributed by atoms with Gasteiger partial charge in [0.05, 0.1) is 5.92 Å². The average Bonchev–Trinajstić information content (AvgIpc) is 2.63. The Bertz CT molecular complexity index is 409. The summed E-state index contributed by atoms with van der Waals surface area (Å²) in [6.07, 6.45) is 1.88. The monoisotopic (exact) mass is 218 g/mol. The van der Waals surface area contributed by atoms with Crippen LogP contribution in [0, 0.1) is 0 Å². The zero-order valence-electron chi connectivity index (χ0n) is 10.1. The molecule has 0 N–H and O–H groups in total. The fraction of sp³-hybridized carbons (Fsp3) is 0.500. The maximum absolute atomic E-state index is 11.7. The summed E-state index contributed by atoms with van der Waals surface area (Å²) in [6.45, 7) is 6.35. The lowest BCUT2D eigenvalue weighted by Crippen LogP contribution is -2.08. The molecule has 0 aliphatic carbocycles. The summed E-state index contributed by atoms with van der Waals surface area (Å²) in [7, 11) is 0. The van der Waals surface area contributed by atoms with Gasteiger partial charge in [0.2, 0.25) is 0 Å². The van der Waals surface area contributed by atoms with Crippen LogP contribution in [0.1, 0.15) is 56.6 Å². The van der Waals surface area contributed by atoms with Crippen LogP contribution in [0.15, 0.2) is 18.2 Å². The first kappa shape index (κ1) is 11.2. The van der Waals surface area contributed by atoms with E-state index in [-0.39, 0.29) is 11.9 Å². The van der Waals surface area contributed by atoms with E-state index in [9.17, 15) is 4.79 Å². The number of carbonyl (C=O) groups excluding carboxylic acids is 1. The highest BCUT2D eigenvalue weighted by molar-refractivity contribution is 5.86. The summed E-state index contributed by atoms with van der Waals surface area (Å²) in [5.74, 6) is 1.12. The smallest absolute Gasteiger partial charge is 0.318 e. The van der Waals surface area contributed by atoms with Crippen molar-refractivity contribution in [2.24, 2.45) is 0 Å². The highest BCUT2D eigenvalue weighted by Crippen LogP contribution is 2.42. The van der Waals surface area contributed by atoms with Crippen molar-refractivity contribution in [2.75, 3.05) is 0 Å². The number of benzene rings is 1. The van der Waals surface area contributed by atoms with Crippen LogP contribution in [0.4, 0.5) is 0 Å². The minimum Gasteiger partial charge on any atom is -0.425 e. The highest BCUT2D eigenvalue weighted by Gasteiger charge is 2.33. The van der Waals surface area contributed by atoms with E-state index < -0.39 is 0 Å². The predicted molar refractivity (Wildman–Crippen MR) is 63.8 cm³/mol. The molecule has 0 bridgehead atoms. The van der Waals surface area contributed by atoms with Crippen LogP contribution in [-0.4, -0.2) is 5.97 Å². The Balaban J connectivity index is 2.47. The minimum atomic E-state index is -0.0896. The van der Waals surface area contributed by atoms with Gasteiger partial charge in [-0.3, -0.25) is 4.79 Å². The van der Waals surface area contributed by atoms with E-state index in [1.807, 2.05) is 19.1 Å². The Morgan fingerprint density at radius 1 is 1.38 bits per heavy atom. The van der Waals surface area contributed by atoms with Gasteiger partial charge < -0.3 is 4.74 Å². The summed E-state index contributed by atoms with van der Waals surface area (Å²) >= 11 is 0. The Morgan fingerprint density at radius 3 is 2.75 bits per heavy atom. The molecule has 2 rings (SSSR count). The molecule has 1 aliphatic heterocycles. The van der Waals surface area contributed by atoms with Crippen LogP contribution in [-0.2, 0) is 4.79 Å². The fourth-order valence-electron chi connectivity index (χ4n) is 2.26. The van der Waals surface area contributed by atoms with Crippen molar-refractivity contribution in [1.82, 2.24) is 0 Å². The van der Waals surface area contributed by atoms with Crippen molar-refractivity contribution in [3.8, 4) is 5.75 Å². The lowest BCUT2D eigenvalue weighted by Gasteiger charge is -2.12. The van der Waals surface area contributed by atoms with Gasteiger partial charge in [0, 0.05) is 5.56 Å². The number of hydrogen-bond donors (Lipinski definition) is 0. The third kappa shape index (κ3) is 1.62. The van der Waals surface area contributed by atoms with Gasteiger partial charge in [-0.15, -0.1) is 0 Å². The minimum absolute atomic E-state index is 0.0565. The molecule has 0 radical (unpaired) electrons. The first-order valence-electron chi connectivity index (χ1n) is 6.03. The molecular formula is C14H18O2. The Hall–Kier alpha value is -1.31. The molecule has 2 heteroatoms. The molecule has 0 saturated heterocycles. The number of ether oxygens (including phenoxy) is 1. The van der Waals surface area contributed by atoms with Crippen molar-refractivity contribution in [2.45, 2.75) is 45.4 Å². The number of para-hydroxylation sites is 1.